The predicted molar refractivity (Wildman–Crippen MR) is 99.1 cm³/mol. The Hall–Kier alpha value is -1.16. The summed E-state index contributed by atoms with van der Waals surface area (Å²) < 4.78 is 43.0. The van der Waals surface area contributed by atoms with Crippen molar-refractivity contribution >= 4 is 50.0 Å². The van der Waals surface area contributed by atoms with Crippen LogP contribution in [-0.2, 0) is 19.4 Å². The largest absolute Gasteiger partial charge is 0.368 e. The van der Waals surface area contributed by atoms with E-state index in [1.165, 1.54) is 30.0 Å². The summed E-state index contributed by atoms with van der Waals surface area (Å²) in [6.07, 6.45) is 0.893. The maximum atomic E-state index is 13.5. The van der Waals surface area contributed by atoms with E-state index in [1.54, 1.807) is 4.90 Å². The molecular weight excluding hydrogens is 403 g/mol. The average molecular weight is 419 g/mol. The van der Waals surface area contributed by atoms with Gasteiger partial charge in [0.25, 0.3) is 5.91 Å². The van der Waals surface area contributed by atoms with Gasteiger partial charge in [-0.3, -0.25) is 4.79 Å². The number of ether oxygens (including phenoxy) is 1. The van der Waals surface area contributed by atoms with Crippen LogP contribution >= 0.6 is 23.4 Å². The summed E-state index contributed by atoms with van der Waals surface area (Å²) in [4.78, 5) is 18.3. The summed E-state index contributed by atoms with van der Waals surface area (Å²) in [5.74, 6) is -0.939. The molecule has 1 aromatic carbocycles. The number of rotatable bonds is 2. The van der Waals surface area contributed by atoms with Gasteiger partial charge in [-0.2, -0.15) is 4.99 Å². The number of carbonyl (C=O) groups excluding carboxylic acids is 1. The number of halogens is 2. The lowest BCUT2D eigenvalue weighted by molar-refractivity contribution is -0.126. The lowest BCUT2D eigenvalue weighted by Crippen LogP contribution is -2.38. The van der Waals surface area contributed by atoms with E-state index in [2.05, 4.69) is 4.99 Å². The van der Waals surface area contributed by atoms with Gasteiger partial charge in [0.1, 0.15) is 11.9 Å². The van der Waals surface area contributed by atoms with Gasteiger partial charge in [0.2, 0.25) is 0 Å². The van der Waals surface area contributed by atoms with Gasteiger partial charge < -0.3 is 9.64 Å². The highest BCUT2D eigenvalue weighted by molar-refractivity contribution is 8.16. The zero-order chi connectivity index (χ0) is 18.5. The van der Waals surface area contributed by atoms with Gasteiger partial charge in [0.05, 0.1) is 22.6 Å². The molecule has 0 radical (unpaired) electrons. The van der Waals surface area contributed by atoms with Crippen molar-refractivity contribution in [1.82, 2.24) is 0 Å². The van der Waals surface area contributed by atoms with Crippen molar-refractivity contribution in [1.29, 1.82) is 0 Å². The Morgan fingerprint density at radius 2 is 2.19 bits per heavy atom. The molecule has 0 unspecified atom stereocenters. The third-order valence-corrected chi connectivity index (χ3v) is 8.16. The number of thioether (sulfide) groups is 1. The molecule has 26 heavy (non-hydrogen) atoms. The fraction of sp³-hybridized carbons (Fsp3) is 0.500. The van der Waals surface area contributed by atoms with Crippen LogP contribution in [0.3, 0.4) is 0 Å². The number of benzene rings is 1. The van der Waals surface area contributed by atoms with E-state index >= 15 is 0 Å². The summed E-state index contributed by atoms with van der Waals surface area (Å²) >= 11 is 7.16. The topological polar surface area (TPSA) is 76.0 Å². The number of amides is 1. The highest BCUT2D eigenvalue weighted by Crippen LogP contribution is 2.41. The maximum Gasteiger partial charge on any atom is 0.277 e. The van der Waals surface area contributed by atoms with Crippen molar-refractivity contribution in [2.45, 2.75) is 30.2 Å². The van der Waals surface area contributed by atoms with Crippen molar-refractivity contribution in [2.24, 2.45) is 4.99 Å². The van der Waals surface area contributed by atoms with Crippen molar-refractivity contribution in [2.75, 3.05) is 23.0 Å². The molecule has 3 aliphatic heterocycles. The molecule has 140 valence electrons. The van der Waals surface area contributed by atoms with Crippen LogP contribution in [0.1, 0.15) is 12.8 Å². The van der Waals surface area contributed by atoms with Gasteiger partial charge in [0, 0.05) is 17.5 Å². The van der Waals surface area contributed by atoms with E-state index in [1.807, 2.05) is 0 Å². The first-order valence-electron chi connectivity index (χ1n) is 8.19. The Balaban J connectivity index is 1.70. The van der Waals surface area contributed by atoms with Gasteiger partial charge in [0.15, 0.2) is 15.0 Å². The molecule has 0 bridgehead atoms. The van der Waals surface area contributed by atoms with Gasteiger partial charge in [-0.25, -0.2) is 12.8 Å². The van der Waals surface area contributed by atoms with Gasteiger partial charge in [-0.15, -0.1) is 0 Å². The fourth-order valence-corrected chi connectivity index (χ4v) is 7.53. The fourth-order valence-electron chi connectivity index (χ4n) is 3.44. The summed E-state index contributed by atoms with van der Waals surface area (Å²) in [5, 5.41) is 0.125. The quantitative estimate of drug-likeness (QED) is 0.733. The average Bonchev–Trinajstić information content (AvgIpc) is 3.25. The van der Waals surface area contributed by atoms with Crippen molar-refractivity contribution in [3.8, 4) is 0 Å². The third-order valence-electron chi connectivity index (χ3n) is 4.66. The van der Waals surface area contributed by atoms with Gasteiger partial charge in [-0.1, -0.05) is 23.4 Å². The molecule has 3 saturated heterocycles. The minimum atomic E-state index is -3.17. The van der Waals surface area contributed by atoms with Crippen LogP contribution in [0, 0.1) is 5.82 Å². The minimum absolute atomic E-state index is 0.0287. The Labute approximate surface area is 159 Å². The number of amidine groups is 1. The minimum Gasteiger partial charge on any atom is -0.368 e. The summed E-state index contributed by atoms with van der Waals surface area (Å²) in [6, 6.07) is 3.80. The van der Waals surface area contributed by atoms with Crippen molar-refractivity contribution in [3.63, 3.8) is 0 Å². The molecule has 1 aromatic rings. The first kappa shape index (κ1) is 18.2. The van der Waals surface area contributed by atoms with Gasteiger partial charge in [-0.05, 0) is 31.0 Å². The molecule has 0 aromatic heterocycles. The van der Waals surface area contributed by atoms with E-state index in [0.717, 1.165) is 6.42 Å². The number of hydrogen-bond acceptors (Lipinski definition) is 5. The van der Waals surface area contributed by atoms with E-state index in [4.69, 9.17) is 16.3 Å². The second-order valence-electron chi connectivity index (χ2n) is 6.50. The standard InChI is InChI=1S/C16H16ClFN2O4S2/c17-10-6-9(3-4-11(10)18)20-12-7-26(22,23)8-14(12)25-16(20)19-15(21)13-2-1-5-24-13/h3-4,6,12-14H,1-2,5,7-8H2/t12-,13-,14+/m0/s1. The second-order valence-corrected chi connectivity index (χ2v) is 10.3. The monoisotopic (exact) mass is 418 g/mol. The van der Waals surface area contributed by atoms with Crippen molar-refractivity contribution < 1.29 is 22.3 Å². The van der Waals surface area contributed by atoms with Crippen LogP contribution in [0.25, 0.3) is 0 Å². The molecule has 1 amide bonds. The summed E-state index contributed by atoms with van der Waals surface area (Å²) in [5.41, 5.74) is 0.521. The Morgan fingerprint density at radius 1 is 1.38 bits per heavy atom. The summed E-state index contributed by atoms with van der Waals surface area (Å²) in [7, 11) is -3.17. The number of sulfone groups is 1. The Morgan fingerprint density at radius 3 is 2.88 bits per heavy atom. The molecule has 10 heteroatoms. The van der Waals surface area contributed by atoms with Crippen molar-refractivity contribution in [3.05, 3.63) is 29.0 Å². The zero-order valence-corrected chi connectivity index (χ0v) is 16.0. The molecule has 6 nitrogen and oxygen atoms in total. The number of anilines is 1. The smallest absolute Gasteiger partial charge is 0.277 e. The molecule has 3 aliphatic rings. The van der Waals surface area contributed by atoms with Crippen LogP contribution in [0.2, 0.25) is 5.02 Å². The molecule has 0 saturated carbocycles. The molecule has 0 N–H and O–H groups in total. The number of carbonyl (C=O) groups is 1. The maximum absolute atomic E-state index is 13.5. The first-order chi connectivity index (χ1) is 12.3. The number of fused-ring (bicyclic) bond motifs is 1. The Kier molecular flexibility index (Phi) is 4.75. The van der Waals surface area contributed by atoms with E-state index in [9.17, 15) is 17.6 Å². The normalized spacial score (nSPS) is 31.5. The SMILES string of the molecule is O=C(N=C1S[C@@H]2CS(=O)(=O)C[C@@H]2N1c1ccc(F)c(Cl)c1)[C@@H]1CCCO1. The van der Waals surface area contributed by atoms with Crippen LogP contribution in [0.5, 0.6) is 0 Å². The predicted octanol–water partition coefficient (Wildman–Crippen LogP) is 2.26. The molecular formula is C16H16ClFN2O4S2. The third kappa shape index (κ3) is 3.37. The number of nitrogens with zero attached hydrogens (tertiary/aromatic N) is 2. The summed E-state index contributed by atoms with van der Waals surface area (Å²) in [6.45, 7) is 0.537. The van der Waals surface area contributed by atoms with Gasteiger partial charge >= 0.3 is 0 Å². The van der Waals surface area contributed by atoms with Crippen LogP contribution in [0.15, 0.2) is 23.2 Å². The molecule has 3 atom stereocenters. The molecule has 3 heterocycles. The molecule has 0 aliphatic carbocycles. The molecule has 4 rings (SSSR count). The van der Waals surface area contributed by atoms with Crippen LogP contribution in [-0.4, -0.2) is 55.0 Å². The lowest BCUT2D eigenvalue weighted by Gasteiger charge is -2.24. The molecule has 0 spiro atoms. The second kappa shape index (κ2) is 6.78. The lowest BCUT2D eigenvalue weighted by atomic mass is 10.2. The van der Waals surface area contributed by atoms with E-state index in [-0.39, 0.29) is 33.7 Å². The Bertz CT molecular complexity index is 886. The zero-order valence-electron chi connectivity index (χ0n) is 13.6. The molecule has 3 fully saturated rings. The van der Waals surface area contributed by atoms with Crippen LogP contribution in [0.4, 0.5) is 10.1 Å². The van der Waals surface area contributed by atoms with E-state index in [0.29, 0.717) is 23.9 Å². The number of hydrogen-bond donors (Lipinski definition) is 0. The highest BCUT2D eigenvalue weighted by atomic mass is 35.5. The highest BCUT2D eigenvalue weighted by Gasteiger charge is 2.49. The first-order valence-corrected chi connectivity index (χ1v) is 11.3. The van der Waals surface area contributed by atoms with E-state index < -0.39 is 21.8 Å². The number of aliphatic imine (C=N–C) groups is 1. The van der Waals surface area contributed by atoms with Crippen LogP contribution < -0.4 is 4.90 Å².